The Morgan fingerprint density at radius 2 is 2.06 bits per heavy atom. The summed E-state index contributed by atoms with van der Waals surface area (Å²) in [4.78, 5) is 29.5. The quantitative estimate of drug-likeness (QED) is 0.528. The number of benzene rings is 1. The predicted octanol–water partition coefficient (Wildman–Crippen LogP) is 4.20. The van der Waals surface area contributed by atoms with Crippen LogP contribution in [0.1, 0.15) is 60.7 Å². The van der Waals surface area contributed by atoms with E-state index in [9.17, 15) is 9.59 Å². The third kappa shape index (κ3) is 5.66. The molecule has 0 spiro atoms. The number of aromatic nitrogens is 1. The predicted molar refractivity (Wildman–Crippen MR) is 116 cm³/mol. The molecular formula is C24H32N2O5. The minimum atomic E-state index is -0.284. The van der Waals surface area contributed by atoms with Crippen LogP contribution in [-0.4, -0.2) is 42.0 Å². The molecule has 1 aliphatic rings. The van der Waals surface area contributed by atoms with Gasteiger partial charge in [0.1, 0.15) is 17.8 Å². The van der Waals surface area contributed by atoms with E-state index >= 15 is 0 Å². The molecule has 2 heterocycles. The first-order valence-corrected chi connectivity index (χ1v) is 11.1. The van der Waals surface area contributed by atoms with E-state index in [1.54, 1.807) is 4.90 Å². The van der Waals surface area contributed by atoms with Gasteiger partial charge >= 0.3 is 6.09 Å². The summed E-state index contributed by atoms with van der Waals surface area (Å²) >= 11 is 0. The van der Waals surface area contributed by atoms with Gasteiger partial charge < -0.3 is 23.6 Å². The number of hydrogen-bond acceptors (Lipinski definition) is 6. The number of amides is 1. The number of rotatable bonds is 10. The second-order valence-corrected chi connectivity index (χ2v) is 7.73. The lowest BCUT2D eigenvalue weighted by atomic mass is 9.92. The van der Waals surface area contributed by atoms with Crippen molar-refractivity contribution in [2.75, 3.05) is 19.8 Å². The first-order valence-electron chi connectivity index (χ1n) is 11.1. The number of nitrogens with zero attached hydrogens (tertiary/aromatic N) is 2. The van der Waals surface area contributed by atoms with Gasteiger partial charge in [-0.1, -0.05) is 19.9 Å². The van der Waals surface area contributed by atoms with Crippen LogP contribution in [0.15, 0.2) is 16.5 Å². The summed E-state index contributed by atoms with van der Waals surface area (Å²) in [6, 6.07) is 3.99. The number of ether oxygens (including phenoxy) is 2. The van der Waals surface area contributed by atoms with E-state index < -0.39 is 0 Å². The maximum absolute atomic E-state index is 12.4. The molecule has 0 radical (unpaired) electrons. The van der Waals surface area contributed by atoms with Crippen molar-refractivity contribution < 1.29 is 23.5 Å². The Bertz CT molecular complexity index is 906. The maximum atomic E-state index is 12.4. The van der Waals surface area contributed by atoms with Gasteiger partial charge in [0.05, 0.1) is 18.9 Å². The summed E-state index contributed by atoms with van der Waals surface area (Å²) in [6.45, 7) is 7.91. The van der Waals surface area contributed by atoms with Crippen molar-refractivity contribution in [1.82, 2.24) is 9.88 Å². The first kappa shape index (κ1) is 22.8. The molecule has 7 heteroatoms. The number of oxazole rings is 1. The topological polar surface area (TPSA) is 81.9 Å². The lowest BCUT2D eigenvalue weighted by Gasteiger charge is -2.31. The molecule has 7 nitrogen and oxygen atoms in total. The van der Waals surface area contributed by atoms with Gasteiger partial charge in [-0.15, -0.1) is 0 Å². The number of fused-ring (bicyclic) bond motifs is 1. The van der Waals surface area contributed by atoms with Crippen molar-refractivity contribution in [1.29, 1.82) is 0 Å². The van der Waals surface area contributed by atoms with Crippen LogP contribution in [0.2, 0.25) is 0 Å². The fourth-order valence-electron chi connectivity index (χ4n) is 3.86. The van der Waals surface area contributed by atoms with Crippen LogP contribution in [0.3, 0.4) is 0 Å². The SMILES string of the molecule is CCCOC(=O)N1CCc2c(OCCc3nc(CC)oc3C)ccc(CCC=O)c2C1. The molecular weight excluding hydrogens is 396 g/mol. The highest BCUT2D eigenvalue weighted by Crippen LogP contribution is 2.32. The van der Waals surface area contributed by atoms with Crippen LogP contribution >= 0.6 is 0 Å². The molecule has 1 amide bonds. The monoisotopic (exact) mass is 428 g/mol. The molecule has 1 aliphatic heterocycles. The zero-order chi connectivity index (χ0) is 22.2. The van der Waals surface area contributed by atoms with Crippen LogP contribution in [0.5, 0.6) is 5.75 Å². The van der Waals surface area contributed by atoms with E-state index in [1.165, 1.54) is 0 Å². The fourth-order valence-corrected chi connectivity index (χ4v) is 3.86. The van der Waals surface area contributed by atoms with Crippen molar-refractivity contribution in [2.45, 2.75) is 65.8 Å². The molecule has 0 bridgehead atoms. The average Bonchev–Trinajstić information content (AvgIpc) is 3.15. The lowest BCUT2D eigenvalue weighted by Crippen LogP contribution is -2.37. The zero-order valence-corrected chi connectivity index (χ0v) is 18.7. The van der Waals surface area contributed by atoms with Crippen molar-refractivity contribution in [3.63, 3.8) is 0 Å². The molecule has 0 fully saturated rings. The highest BCUT2D eigenvalue weighted by molar-refractivity contribution is 5.68. The van der Waals surface area contributed by atoms with Crippen LogP contribution in [-0.2, 0) is 41.8 Å². The van der Waals surface area contributed by atoms with Gasteiger partial charge in [-0.25, -0.2) is 9.78 Å². The molecule has 0 unspecified atom stereocenters. The van der Waals surface area contributed by atoms with E-state index in [0.29, 0.717) is 52.0 Å². The molecule has 0 saturated carbocycles. The third-order valence-electron chi connectivity index (χ3n) is 5.52. The summed E-state index contributed by atoms with van der Waals surface area (Å²) in [6.07, 6.45) is 4.69. The molecule has 0 N–H and O–H groups in total. The van der Waals surface area contributed by atoms with E-state index in [-0.39, 0.29) is 6.09 Å². The second-order valence-electron chi connectivity index (χ2n) is 7.73. The van der Waals surface area contributed by atoms with E-state index in [4.69, 9.17) is 13.9 Å². The zero-order valence-electron chi connectivity index (χ0n) is 18.7. The van der Waals surface area contributed by atoms with Gasteiger partial charge in [-0.05, 0) is 43.4 Å². The molecule has 2 aromatic rings. The Kier molecular flexibility index (Phi) is 8.09. The van der Waals surface area contributed by atoms with Crippen molar-refractivity contribution in [2.24, 2.45) is 0 Å². The highest BCUT2D eigenvalue weighted by atomic mass is 16.6. The third-order valence-corrected chi connectivity index (χ3v) is 5.52. The van der Waals surface area contributed by atoms with Crippen molar-refractivity contribution in [3.05, 3.63) is 46.2 Å². The standard InChI is InChI=1S/C24H32N2O5/c1-4-14-30-24(28)26-12-10-19-20(16-26)18(7-6-13-27)8-9-22(19)29-15-11-21-17(3)31-23(5-2)25-21/h8-9,13H,4-7,10-12,14-16H2,1-3H3. The van der Waals surface area contributed by atoms with Gasteiger partial charge in [0, 0.05) is 37.9 Å². The van der Waals surface area contributed by atoms with Crippen molar-refractivity contribution >= 4 is 12.4 Å². The largest absolute Gasteiger partial charge is 0.493 e. The lowest BCUT2D eigenvalue weighted by molar-refractivity contribution is -0.107. The number of aryl methyl sites for hydroxylation is 3. The Labute approximate surface area is 183 Å². The smallest absolute Gasteiger partial charge is 0.410 e. The van der Waals surface area contributed by atoms with Crippen molar-refractivity contribution in [3.8, 4) is 5.75 Å². The molecule has 1 aromatic heterocycles. The molecule has 0 saturated heterocycles. The Balaban J connectivity index is 1.74. The van der Waals surface area contributed by atoms with Gasteiger partial charge in [0.15, 0.2) is 5.89 Å². The van der Waals surface area contributed by atoms with Crippen LogP contribution in [0.4, 0.5) is 4.79 Å². The average molecular weight is 429 g/mol. The van der Waals surface area contributed by atoms with Gasteiger partial charge in [-0.3, -0.25) is 0 Å². The first-order chi connectivity index (χ1) is 15.1. The molecule has 0 atom stereocenters. The summed E-state index contributed by atoms with van der Waals surface area (Å²) in [5.41, 5.74) is 4.21. The summed E-state index contributed by atoms with van der Waals surface area (Å²) < 4.78 is 17.1. The minimum Gasteiger partial charge on any atom is -0.493 e. The van der Waals surface area contributed by atoms with Crippen LogP contribution in [0.25, 0.3) is 0 Å². The molecule has 1 aromatic carbocycles. The van der Waals surface area contributed by atoms with Crippen LogP contribution in [0, 0.1) is 6.92 Å². The Hall–Kier alpha value is -2.83. The van der Waals surface area contributed by atoms with Crippen LogP contribution < -0.4 is 4.74 Å². The normalized spacial score (nSPS) is 13.1. The number of aldehydes is 1. The summed E-state index contributed by atoms with van der Waals surface area (Å²) in [7, 11) is 0. The molecule has 3 rings (SSSR count). The van der Waals surface area contributed by atoms with E-state index in [2.05, 4.69) is 4.98 Å². The minimum absolute atomic E-state index is 0.284. The number of carbonyl (C=O) groups excluding carboxylic acids is 2. The maximum Gasteiger partial charge on any atom is 0.410 e. The van der Waals surface area contributed by atoms with Gasteiger partial charge in [0.2, 0.25) is 0 Å². The van der Waals surface area contributed by atoms with E-state index in [1.807, 2.05) is 32.9 Å². The molecule has 31 heavy (non-hydrogen) atoms. The number of carbonyl (C=O) groups is 2. The highest BCUT2D eigenvalue weighted by Gasteiger charge is 2.26. The second kappa shape index (κ2) is 11.0. The molecule has 168 valence electrons. The van der Waals surface area contributed by atoms with Gasteiger partial charge in [0.25, 0.3) is 0 Å². The summed E-state index contributed by atoms with van der Waals surface area (Å²) in [5, 5.41) is 0. The fraction of sp³-hybridized carbons (Fsp3) is 0.542. The van der Waals surface area contributed by atoms with E-state index in [0.717, 1.165) is 58.9 Å². The summed E-state index contributed by atoms with van der Waals surface area (Å²) in [5.74, 6) is 2.43. The Morgan fingerprint density at radius 3 is 2.77 bits per heavy atom. The van der Waals surface area contributed by atoms with Gasteiger partial charge in [-0.2, -0.15) is 0 Å². The Morgan fingerprint density at radius 1 is 1.23 bits per heavy atom. The number of hydrogen-bond donors (Lipinski definition) is 0. The molecule has 0 aliphatic carbocycles.